The summed E-state index contributed by atoms with van der Waals surface area (Å²) < 4.78 is 12.1. The molecule has 0 aliphatic rings. The molecule has 0 unspecified atom stereocenters. The molecule has 2 aromatic rings. The number of aryl methyl sites for hydroxylation is 1. The molecule has 136 valence electrons. The number of aromatic nitrogens is 2. The van der Waals surface area contributed by atoms with Gasteiger partial charge in [0, 0.05) is 30.6 Å². The van der Waals surface area contributed by atoms with Crippen molar-refractivity contribution in [2.45, 2.75) is 26.9 Å². The van der Waals surface area contributed by atoms with Crippen molar-refractivity contribution in [2.24, 2.45) is 0 Å². The van der Waals surface area contributed by atoms with Gasteiger partial charge in [-0.3, -0.25) is 4.68 Å². The van der Waals surface area contributed by atoms with Crippen molar-refractivity contribution in [3.05, 3.63) is 40.2 Å². The molecule has 0 saturated heterocycles. The standard InChI is InChI=1S/C17H23ClN4O3/c1-11-14(12(2)22(21-11)7-8-24-3)10-19-17(23)20-13-5-6-16(25-4)15(18)9-13/h5-6,9H,7-8,10H2,1-4H3,(H2,19,20,23). The SMILES string of the molecule is COCCn1nc(C)c(CNC(=O)Nc2ccc(OC)c(Cl)c2)c1C. The van der Waals surface area contributed by atoms with E-state index in [1.807, 2.05) is 18.5 Å². The predicted molar refractivity (Wildman–Crippen MR) is 97.4 cm³/mol. The summed E-state index contributed by atoms with van der Waals surface area (Å²) in [7, 11) is 3.20. The molecule has 2 amide bonds. The molecule has 8 heteroatoms. The molecular weight excluding hydrogens is 344 g/mol. The summed E-state index contributed by atoms with van der Waals surface area (Å²) in [6, 6.07) is 4.75. The van der Waals surface area contributed by atoms with E-state index in [0.29, 0.717) is 36.2 Å². The number of hydrogen-bond donors (Lipinski definition) is 2. The lowest BCUT2D eigenvalue weighted by Gasteiger charge is -2.10. The van der Waals surface area contributed by atoms with Gasteiger partial charge in [0.15, 0.2) is 0 Å². The van der Waals surface area contributed by atoms with Crippen LogP contribution in [0.3, 0.4) is 0 Å². The third-order valence-electron chi connectivity index (χ3n) is 3.87. The van der Waals surface area contributed by atoms with Gasteiger partial charge in [0.25, 0.3) is 0 Å². The Bertz CT molecular complexity index is 746. The van der Waals surface area contributed by atoms with Crippen LogP contribution in [0.25, 0.3) is 0 Å². The van der Waals surface area contributed by atoms with Crippen LogP contribution in [0.5, 0.6) is 5.75 Å². The number of urea groups is 1. The first-order valence-electron chi connectivity index (χ1n) is 7.86. The van der Waals surface area contributed by atoms with Crippen LogP contribution in [0.4, 0.5) is 10.5 Å². The zero-order chi connectivity index (χ0) is 18.4. The van der Waals surface area contributed by atoms with Crippen LogP contribution in [0.1, 0.15) is 17.0 Å². The van der Waals surface area contributed by atoms with Gasteiger partial charge in [-0.2, -0.15) is 5.10 Å². The maximum absolute atomic E-state index is 12.1. The first-order chi connectivity index (χ1) is 12.0. The summed E-state index contributed by atoms with van der Waals surface area (Å²) in [5, 5.41) is 10.5. The quantitative estimate of drug-likeness (QED) is 0.789. The van der Waals surface area contributed by atoms with Crippen LogP contribution in [-0.4, -0.2) is 36.6 Å². The minimum atomic E-state index is -0.315. The highest BCUT2D eigenvalue weighted by Gasteiger charge is 2.12. The average Bonchev–Trinajstić information content (AvgIpc) is 2.85. The molecule has 0 aliphatic heterocycles. The van der Waals surface area contributed by atoms with Gasteiger partial charge in [-0.15, -0.1) is 0 Å². The lowest BCUT2D eigenvalue weighted by atomic mass is 10.2. The monoisotopic (exact) mass is 366 g/mol. The van der Waals surface area contributed by atoms with Crippen molar-refractivity contribution in [3.63, 3.8) is 0 Å². The van der Waals surface area contributed by atoms with Gasteiger partial charge in [0.2, 0.25) is 0 Å². The first-order valence-corrected chi connectivity index (χ1v) is 8.24. The second kappa shape index (κ2) is 8.73. The summed E-state index contributed by atoms with van der Waals surface area (Å²) in [5.74, 6) is 0.558. The van der Waals surface area contributed by atoms with E-state index in [0.717, 1.165) is 17.0 Å². The maximum Gasteiger partial charge on any atom is 0.319 e. The normalized spacial score (nSPS) is 10.6. The lowest BCUT2D eigenvalue weighted by Crippen LogP contribution is -2.28. The van der Waals surface area contributed by atoms with Gasteiger partial charge in [0.05, 0.1) is 31.0 Å². The third kappa shape index (κ3) is 4.87. The number of carbonyl (C=O) groups excluding carboxylic acids is 1. The Labute approximate surface area is 152 Å². The molecule has 25 heavy (non-hydrogen) atoms. The zero-order valence-electron chi connectivity index (χ0n) is 14.9. The number of anilines is 1. The van der Waals surface area contributed by atoms with E-state index in [9.17, 15) is 4.79 Å². The zero-order valence-corrected chi connectivity index (χ0v) is 15.6. The Hall–Kier alpha value is -2.25. The van der Waals surface area contributed by atoms with Crippen LogP contribution in [-0.2, 0) is 17.8 Å². The van der Waals surface area contributed by atoms with Crippen LogP contribution in [0.2, 0.25) is 5.02 Å². The van der Waals surface area contributed by atoms with Crippen LogP contribution < -0.4 is 15.4 Å². The van der Waals surface area contributed by atoms with Crippen LogP contribution in [0, 0.1) is 13.8 Å². The predicted octanol–water partition coefficient (Wildman–Crippen LogP) is 3.13. The molecule has 7 nitrogen and oxygen atoms in total. The highest BCUT2D eigenvalue weighted by Crippen LogP contribution is 2.27. The van der Waals surface area contributed by atoms with E-state index in [2.05, 4.69) is 15.7 Å². The summed E-state index contributed by atoms with van der Waals surface area (Å²) in [6.45, 7) is 5.57. The lowest BCUT2D eigenvalue weighted by molar-refractivity contribution is 0.182. The minimum absolute atomic E-state index is 0.315. The van der Waals surface area contributed by atoms with Crippen LogP contribution >= 0.6 is 11.6 Å². The van der Waals surface area contributed by atoms with Gasteiger partial charge in [-0.05, 0) is 32.0 Å². The molecule has 0 bridgehead atoms. The number of nitrogens with one attached hydrogen (secondary N) is 2. The molecule has 0 atom stereocenters. The van der Waals surface area contributed by atoms with Gasteiger partial charge in [0.1, 0.15) is 5.75 Å². The number of carbonyl (C=O) groups is 1. The Kier molecular flexibility index (Phi) is 6.66. The average molecular weight is 367 g/mol. The number of rotatable bonds is 7. The molecule has 1 heterocycles. The summed E-state index contributed by atoms with van der Waals surface area (Å²) in [6.07, 6.45) is 0. The maximum atomic E-state index is 12.1. The molecule has 0 saturated carbocycles. The number of methoxy groups -OCH3 is 2. The van der Waals surface area contributed by atoms with Crippen molar-refractivity contribution >= 4 is 23.3 Å². The number of benzene rings is 1. The Balaban J connectivity index is 1.96. The molecule has 0 aliphatic carbocycles. The van der Waals surface area contributed by atoms with Crippen molar-refractivity contribution in [3.8, 4) is 5.75 Å². The van der Waals surface area contributed by atoms with E-state index in [1.165, 1.54) is 0 Å². The largest absolute Gasteiger partial charge is 0.495 e. The van der Waals surface area contributed by atoms with Gasteiger partial charge in [-0.1, -0.05) is 11.6 Å². The minimum Gasteiger partial charge on any atom is -0.495 e. The molecule has 1 aromatic heterocycles. The fraction of sp³-hybridized carbons (Fsp3) is 0.412. The second-order valence-electron chi connectivity index (χ2n) is 5.52. The van der Waals surface area contributed by atoms with Crippen molar-refractivity contribution < 1.29 is 14.3 Å². The number of nitrogens with zero attached hydrogens (tertiary/aromatic N) is 2. The number of halogens is 1. The summed E-state index contributed by atoms with van der Waals surface area (Å²) in [5.41, 5.74) is 3.50. The molecule has 0 fully saturated rings. The summed E-state index contributed by atoms with van der Waals surface area (Å²) in [4.78, 5) is 12.1. The molecule has 2 N–H and O–H groups in total. The molecular formula is C17H23ClN4O3. The van der Waals surface area contributed by atoms with Crippen molar-refractivity contribution in [1.29, 1.82) is 0 Å². The number of amides is 2. The number of ether oxygens (including phenoxy) is 2. The van der Waals surface area contributed by atoms with E-state index in [-0.39, 0.29) is 6.03 Å². The molecule has 0 radical (unpaired) electrons. The smallest absolute Gasteiger partial charge is 0.319 e. The Morgan fingerprint density at radius 2 is 2.08 bits per heavy atom. The Morgan fingerprint density at radius 1 is 1.32 bits per heavy atom. The van der Waals surface area contributed by atoms with E-state index in [4.69, 9.17) is 21.1 Å². The van der Waals surface area contributed by atoms with Gasteiger partial charge < -0.3 is 20.1 Å². The van der Waals surface area contributed by atoms with E-state index in [1.54, 1.807) is 32.4 Å². The van der Waals surface area contributed by atoms with E-state index < -0.39 is 0 Å². The molecule has 0 spiro atoms. The van der Waals surface area contributed by atoms with Crippen LogP contribution in [0.15, 0.2) is 18.2 Å². The summed E-state index contributed by atoms with van der Waals surface area (Å²) >= 11 is 6.05. The van der Waals surface area contributed by atoms with Crippen molar-refractivity contribution in [2.75, 3.05) is 26.1 Å². The van der Waals surface area contributed by atoms with Gasteiger partial charge >= 0.3 is 6.03 Å². The second-order valence-corrected chi connectivity index (χ2v) is 5.93. The first kappa shape index (κ1) is 19.1. The molecule has 2 rings (SSSR count). The van der Waals surface area contributed by atoms with Crippen molar-refractivity contribution in [1.82, 2.24) is 15.1 Å². The fourth-order valence-corrected chi connectivity index (χ4v) is 2.73. The number of hydrogen-bond acceptors (Lipinski definition) is 4. The topological polar surface area (TPSA) is 77.4 Å². The highest BCUT2D eigenvalue weighted by atomic mass is 35.5. The van der Waals surface area contributed by atoms with Gasteiger partial charge in [-0.25, -0.2) is 4.79 Å². The highest BCUT2D eigenvalue weighted by molar-refractivity contribution is 6.32. The molecule has 1 aromatic carbocycles. The Morgan fingerprint density at radius 3 is 2.72 bits per heavy atom. The fourth-order valence-electron chi connectivity index (χ4n) is 2.47. The third-order valence-corrected chi connectivity index (χ3v) is 4.17. The van der Waals surface area contributed by atoms with E-state index >= 15 is 0 Å².